The number of nitrogens with zero attached hydrogens (tertiary/aromatic N) is 1. The fourth-order valence-corrected chi connectivity index (χ4v) is 2.31. The summed E-state index contributed by atoms with van der Waals surface area (Å²) in [4.78, 5) is 10.9. The van der Waals surface area contributed by atoms with Gasteiger partial charge in [-0.15, -0.1) is 0 Å². The molecule has 3 aromatic rings. The Morgan fingerprint density at radius 3 is 2.24 bits per heavy atom. The van der Waals surface area contributed by atoms with Crippen LogP contribution in [0.25, 0.3) is 23.0 Å². The van der Waals surface area contributed by atoms with Gasteiger partial charge in [-0.3, -0.25) is 0 Å². The standard InChI is InChI=1S/C20H12FNO3/c21-17-7-5-14(6-8-17)19-10-9-18(25-19)11-16(12-22)13-1-3-15(4-2-13)20(23)24/h1-11H,(H,23,24)/b16-11+. The number of halogens is 1. The van der Waals surface area contributed by atoms with E-state index in [0.29, 0.717) is 22.7 Å². The molecule has 5 heteroatoms. The second kappa shape index (κ2) is 6.85. The van der Waals surface area contributed by atoms with Gasteiger partial charge in [0.1, 0.15) is 17.3 Å². The Balaban J connectivity index is 1.89. The number of carboxylic acids is 1. The Morgan fingerprint density at radius 2 is 1.64 bits per heavy atom. The molecule has 0 saturated carbocycles. The van der Waals surface area contributed by atoms with Gasteiger partial charge in [-0.05, 0) is 60.2 Å². The molecule has 4 nitrogen and oxygen atoms in total. The summed E-state index contributed by atoms with van der Waals surface area (Å²) in [5, 5.41) is 18.3. The van der Waals surface area contributed by atoms with E-state index < -0.39 is 5.97 Å². The number of hydrogen-bond acceptors (Lipinski definition) is 3. The van der Waals surface area contributed by atoms with Crippen molar-refractivity contribution in [3.8, 4) is 17.4 Å². The third-order valence-corrected chi connectivity index (χ3v) is 3.61. The number of aromatic carboxylic acids is 1. The maximum atomic E-state index is 13.0. The van der Waals surface area contributed by atoms with Gasteiger partial charge in [-0.1, -0.05) is 12.1 Å². The number of carbonyl (C=O) groups is 1. The van der Waals surface area contributed by atoms with Crippen molar-refractivity contribution < 1.29 is 18.7 Å². The van der Waals surface area contributed by atoms with E-state index in [2.05, 4.69) is 6.07 Å². The zero-order valence-corrected chi connectivity index (χ0v) is 12.9. The van der Waals surface area contributed by atoms with Crippen molar-refractivity contribution in [3.05, 3.63) is 83.4 Å². The molecule has 0 aliphatic carbocycles. The third kappa shape index (κ3) is 3.65. The van der Waals surface area contributed by atoms with Crippen LogP contribution in [-0.4, -0.2) is 11.1 Å². The van der Waals surface area contributed by atoms with Gasteiger partial charge in [0.15, 0.2) is 0 Å². The van der Waals surface area contributed by atoms with Crippen LogP contribution < -0.4 is 0 Å². The van der Waals surface area contributed by atoms with Crippen LogP contribution >= 0.6 is 0 Å². The van der Waals surface area contributed by atoms with Gasteiger partial charge < -0.3 is 9.52 Å². The normalized spacial score (nSPS) is 11.1. The summed E-state index contributed by atoms with van der Waals surface area (Å²) < 4.78 is 18.7. The summed E-state index contributed by atoms with van der Waals surface area (Å²) in [5.41, 5.74) is 1.81. The van der Waals surface area contributed by atoms with Crippen molar-refractivity contribution in [2.45, 2.75) is 0 Å². The smallest absolute Gasteiger partial charge is 0.335 e. The molecule has 0 fully saturated rings. The second-order valence-corrected chi connectivity index (χ2v) is 5.26. The zero-order chi connectivity index (χ0) is 17.8. The monoisotopic (exact) mass is 333 g/mol. The van der Waals surface area contributed by atoms with Gasteiger partial charge in [0.25, 0.3) is 0 Å². The highest BCUT2D eigenvalue weighted by Crippen LogP contribution is 2.25. The average molecular weight is 333 g/mol. The molecule has 0 atom stereocenters. The molecule has 0 aliphatic heterocycles. The van der Waals surface area contributed by atoms with Crippen molar-refractivity contribution in [2.75, 3.05) is 0 Å². The Hall–Kier alpha value is -3.65. The van der Waals surface area contributed by atoms with E-state index in [1.807, 2.05) is 0 Å². The Bertz CT molecular complexity index is 977. The molecule has 1 aromatic heterocycles. The Labute approximate surface area is 143 Å². The van der Waals surface area contributed by atoms with Crippen LogP contribution in [0.15, 0.2) is 65.1 Å². The van der Waals surface area contributed by atoms with Crippen molar-refractivity contribution in [3.63, 3.8) is 0 Å². The number of benzene rings is 2. The van der Waals surface area contributed by atoms with Crippen LogP contribution in [0.4, 0.5) is 4.39 Å². The van der Waals surface area contributed by atoms with E-state index >= 15 is 0 Å². The number of hydrogen-bond donors (Lipinski definition) is 1. The Morgan fingerprint density at radius 1 is 1.00 bits per heavy atom. The number of furan rings is 1. The van der Waals surface area contributed by atoms with Crippen LogP contribution in [0.5, 0.6) is 0 Å². The lowest BCUT2D eigenvalue weighted by atomic mass is 10.0. The van der Waals surface area contributed by atoms with Crippen molar-refractivity contribution in [1.29, 1.82) is 5.26 Å². The minimum absolute atomic E-state index is 0.151. The summed E-state index contributed by atoms with van der Waals surface area (Å²) in [6, 6.07) is 17.5. The predicted octanol–water partition coefficient (Wildman–Crippen LogP) is 4.85. The second-order valence-electron chi connectivity index (χ2n) is 5.26. The fraction of sp³-hybridized carbons (Fsp3) is 0. The third-order valence-electron chi connectivity index (χ3n) is 3.61. The topological polar surface area (TPSA) is 74.2 Å². The van der Waals surface area contributed by atoms with Crippen LogP contribution in [0.2, 0.25) is 0 Å². The molecule has 1 heterocycles. The number of allylic oxidation sites excluding steroid dienone is 1. The molecule has 2 aromatic carbocycles. The highest BCUT2D eigenvalue weighted by atomic mass is 19.1. The first-order valence-corrected chi connectivity index (χ1v) is 7.38. The highest BCUT2D eigenvalue weighted by Gasteiger charge is 2.08. The Kier molecular flexibility index (Phi) is 4.44. The van der Waals surface area contributed by atoms with E-state index in [9.17, 15) is 14.4 Å². The first-order chi connectivity index (χ1) is 12.1. The van der Waals surface area contributed by atoms with Crippen LogP contribution in [0.3, 0.4) is 0 Å². The molecular formula is C20H12FNO3. The SMILES string of the molecule is N#C/C(=C\c1ccc(-c2ccc(F)cc2)o1)c1ccc(C(=O)O)cc1. The molecule has 3 rings (SSSR count). The highest BCUT2D eigenvalue weighted by molar-refractivity contribution is 5.91. The van der Waals surface area contributed by atoms with Crippen LogP contribution in [-0.2, 0) is 0 Å². The molecule has 0 spiro atoms. The summed E-state index contributed by atoms with van der Waals surface area (Å²) in [6.07, 6.45) is 1.57. The largest absolute Gasteiger partial charge is 0.478 e. The maximum absolute atomic E-state index is 13.0. The van der Waals surface area contributed by atoms with Gasteiger partial charge in [0.05, 0.1) is 17.2 Å². The van der Waals surface area contributed by atoms with Gasteiger partial charge in [-0.2, -0.15) is 5.26 Å². The number of rotatable bonds is 4. The maximum Gasteiger partial charge on any atom is 0.335 e. The van der Waals surface area contributed by atoms with E-state index in [-0.39, 0.29) is 11.4 Å². The lowest BCUT2D eigenvalue weighted by molar-refractivity contribution is 0.0697. The fourth-order valence-electron chi connectivity index (χ4n) is 2.31. The summed E-state index contributed by atoms with van der Waals surface area (Å²) in [6.45, 7) is 0. The number of carboxylic acid groups (broad SMARTS) is 1. The van der Waals surface area contributed by atoms with Gasteiger partial charge in [0, 0.05) is 5.56 Å². The molecule has 122 valence electrons. The first-order valence-electron chi connectivity index (χ1n) is 7.38. The molecule has 0 radical (unpaired) electrons. The molecule has 25 heavy (non-hydrogen) atoms. The van der Waals surface area contributed by atoms with E-state index in [1.54, 1.807) is 42.5 Å². The van der Waals surface area contributed by atoms with E-state index in [4.69, 9.17) is 9.52 Å². The summed E-state index contributed by atoms with van der Waals surface area (Å²) in [5.74, 6) is -0.320. The molecule has 0 bridgehead atoms. The number of nitriles is 1. The lowest BCUT2D eigenvalue weighted by Gasteiger charge is -2.00. The molecule has 0 aliphatic rings. The van der Waals surface area contributed by atoms with E-state index in [0.717, 1.165) is 5.56 Å². The zero-order valence-electron chi connectivity index (χ0n) is 12.9. The van der Waals surface area contributed by atoms with Gasteiger partial charge in [0.2, 0.25) is 0 Å². The van der Waals surface area contributed by atoms with Crippen LogP contribution in [0, 0.1) is 17.1 Å². The van der Waals surface area contributed by atoms with Crippen molar-refractivity contribution in [1.82, 2.24) is 0 Å². The van der Waals surface area contributed by atoms with Gasteiger partial charge in [-0.25, -0.2) is 9.18 Å². The van der Waals surface area contributed by atoms with Gasteiger partial charge >= 0.3 is 5.97 Å². The molecule has 1 N–H and O–H groups in total. The summed E-state index contributed by atoms with van der Waals surface area (Å²) >= 11 is 0. The minimum atomic E-state index is -1.02. The van der Waals surface area contributed by atoms with Crippen molar-refractivity contribution >= 4 is 17.6 Å². The van der Waals surface area contributed by atoms with E-state index in [1.165, 1.54) is 24.3 Å². The predicted molar refractivity (Wildman–Crippen MR) is 91.0 cm³/mol. The molecular weight excluding hydrogens is 321 g/mol. The first kappa shape index (κ1) is 16.2. The molecule has 0 amide bonds. The van der Waals surface area contributed by atoms with Crippen molar-refractivity contribution in [2.24, 2.45) is 0 Å². The minimum Gasteiger partial charge on any atom is -0.478 e. The average Bonchev–Trinajstić information content (AvgIpc) is 3.09. The molecule has 0 saturated heterocycles. The molecule has 0 unspecified atom stereocenters. The van der Waals surface area contributed by atoms with Crippen LogP contribution in [0.1, 0.15) is 21.7 Å². The quantitative estimate of drug-likeness (QED) is 0.693. The summed E-state index contributed by atoms with van der Waals surface area (Å²) in [7, 11) is 0. The lowest BCUT2D eigenvalue weighted by Crippen LogP contribution is -1.95.